The summed E-state index contributed by atoms with van der Waals surface area (Å²) in [6.07, 6.45) is 2.31. The first-order valence-electron chi connectivity index (χ1n) is 9.39. The molecule has 0 amide bonds. The summed E-state index contributed by atoms with van der Waals surface area (Å²) >= 11 is 0. The van der Waals surface area contributed by atoms with E-state index in [4.69, 9.17) is 4.74 Å². The van der Waals surface area contributed by atoms with Crippen LogP contribution >= 0.6 is 12.4 Å². The van der Waals surface area contributed by atoms with E-state index in [0.29, 0.717) is 12.6 Å². The van der Waals surface area contributed by atoms with E-state index < -0.39 is 0 Å². The zero-order chi connectivity index (χ0) is 18.0. The Morgan fingerprint density at radius 1 is 0.778 bits per heavy atom. The van der Waals surface area contributed by atoms with Crippen molar-refractivity contribution >= 4 is 12.4 Å². The molecule has 0 fully saturated rings. The molecule has 142 valence electrons. The molecule has 1 atom stereocenters. The highest BCUT2D eigenvalue weighted by Gasteiger charge is 2.09. The van der Waals surface area contributed by atoms with E-state index in [2.05, 4.69) is 79.0 Å². The van der Waals surface area contributed by atoms with Crippen molar-refractivity contribution in [1.29, 1.82) is 0 Å². The maximum atomic E-state index is 5.86. The molecule has 2 nitrogen and oxygen atoms in total. The molecule has 0 spiro atoms. The smallest absolute Gasteiger partial charge is 0.119 e. The van der Waals surface area contributed by atoms with E-state index in [0.717, 1.165) is 18.7 Å². The van der Waals surface area contributed by atoms with Crippen LogP contribution in [-0.2, 0) is 13.2 Å². The van der Waals surface area contributed by atoms with Crippen LogP contribution in [0.25, 0.3) is 0 Å². The molecular weight excluding hydrogens is 354 g/mol. The SMILES string of the molecule is CCCC(NCc1ccc(OCc2ccccc2)cc1)c1ccccc1.Cl. The van der Waals surface area contributed by atoms with Crippen molar-refractivity contribution in [3.05, 3.63) is 102 Å². The fourth-order valence-electron chi connectivity index (χ4n) is 3.05. The summed E-state index contributed by atoms with van der Waals surface area (Å²) in [5.41, 5.74) is 3.81. The van der Waals surface area contributed by atoms with Crippen molar-refractivity contribution in [2.24, 2.45) is 0 Å². The van der Waals surface area contributed by atoms with E-state index >= 15 is 0 Å². The van der Waals surface area contributed by atoms with E-state index in [1.807, 2.05) is 18.2 Å². The highest BCUT2D eigenvalue weighted by atomic mass is 35.5. The normalized spacial score (nSPS) is 11.4. The summed E-state index contributed by atoms with van der Waals surface area (Å²) in [5.74, 6) is 0.908. The van der Waals surface area contributed by atoms with Gasteiger partial charge >= 0.3 is 0 Å². The van der Waals surface area contributed by atoms with Crippen LogP contribution in [0.5, 0.6) is 5.75 Å². The van der Waals surface area contributed by atoms with Crippen LogP contribution < -0.4 is 10.1 Å². The predicted octanol–water partition coefficient (Wildman–Crippen LogP) is 6.32. The zero-order valence-corrected chi connectivity index (χ0v) is 16.6. The molecule has 0 aliphatic carbocycles. The Morgan fingerprint density at radius 3 is 2.04 bits per heavy atom. The Morgan fingerprint density at radius 2 is 1.41 bits per heavy atom. The molecule has 3 aromatic rings. The van der Waals surface area contributed by atoms with Gasteiger partial charge in [-0.25, -0.2) is 0 Å². The third kappa shape index (κ3) is 6.74. The predicted molar refractivity (Wildman–Crippen MR) is 115 cm³/mol. The highest BCUT2D eigenvalue weighted by molar-refractivity contribution is 5.85. The fraction of sp³-hybridized carbons (Fsp3) is 0.250. The second-order valence-corrected chi connectivity index (χ2v) is 6.55. The van der Waals surface area contributed by atoms with Gasteiger partial charge in [-0.3, -0.25) is 0 Å². The van der Waals surface area contributed by atoms with Crippen LogP contribution in [-0.4, -0.2) is 0 Å². The minimum absolute atomic E-state index is 0. The van der Waals surface area contributed by atoms with Crippen LogP contribution in [0.4, 0.5) is 0 Å². The van der Waals surface area contributed by atoms with Gasteiger partial charge in [0.1, 0.15) is 12.4 Å². The summed E-state index contributed by atoms with van der Waals surface area (Å²) < 4.78 is 5.86. The lowest BCUT2D eigenvalue weighted by molar-refractivity contribution is 0.306. The van der Waals surface area contributed by atoms with E-state index in [-0.39, 0.29) is 12.4 Å². The van der Waals surface area contributed by atoms with Crippen LogP contribution in [0.2, 0.25) is 0 Å². The minimum atomic E-state index is 0. The van der Waals surface area contributed by atoms with Crippen molar-refractivity contribution in [2.75, 3.05) is 0 Å². The van der Waals surface area contributed by atoms with Gasteiger partial charge < -0.3 is 10.1 Å². The van der Waals surface area contributed by atoms with Gasteiger partial charge in [0.2, 0.25) is 0 Å². The first kappa shape index (κ1) is 21.0. The van der Waals surface area contributed by atoms with Gasteiger partial charge in [0.15, 0.2) is 0 Å². The zero-order valence-electron chi connectivity index (χ0n) is 15.8. The molecular formula is C24H28ClNO. The minimum Gasteiger partial charge on any atom is -0.489 e. The molecule has 0 aromatic heterocycles. The Bertz CT molecular complexity index is 759. The number of hydrogen-bond acceptors (Lipinski definition) is 2. The number of ether oxygens (including phenoxy) is 1. The fourth-order valence-corrected chi connectivity index (χ4v) is 3.05. The average Bonchev–Trinajstić information content (AvgIpc) is 2.72. The first-order valence-corrected chi connectivity index (χ1v) is 9.39. The van der Waals surface area contributed by atoms with Crippen LogP contribution in [0.15, 0.2) is 84.9 Å². The maximum absolute atomic E-state index is 5.86. The summed E-state index contributed by atoms with van der Waals surface area (Å²) in [7, 11) is 0. The molecule has 3 aromatic carbocycles. The van der Waals surface area contributed by atoms with E-state index in [1.54, 1.807) is 0 Å². The van der Waals surface area contributed by atoms with Gasteiger partial charge in [-0.2, -0.15) is 0 Å². The van der Waals surface area contributed by atoms with Crippen LogP contribution in [0.1, 0.15) is 42.5 Å². The summed E-state index contributed by atoms with van der Waals surface area (Å²) in [6.45, 7) is 3.69. The molecule has 0 bridgehead atoms. The molecule has 3 rings (SSSR count). The van der Waals surface area contributed by atoms with Crippen molar-refractivity contribution in [1.82, 2.24) is 5.32 Å². The lowest BCUT2D eigenvalue weighted by Gasteiger charge is -2.19. The number of halogens is 1. The van der Waals surface area contributed by atoms with Gasteiger partial charge in [0.25, 0.3) is 0 Å². The van der Waals surface area contributed by atoms with Gasteiger partial charge in [-0.05, 0) is 35.2 Å². The molecule has 0 radical (unpaired) electrons. The van der Waals surface area contributed by atoms with Crippen molar-refractivity contribution in [2.45, 2.75) is 39.0 Å². The summed E-state index contributed by atoms with van der Waals surface area (Å²) in [4.78, 5) is 0. The van der Waals surface area contributed by atoms with Gasteiger partial charge in [-0.1, -0.05) is 86.1 Å². The van der Waals surface area contributed by atoms with Gasteiger partial charge in [-0.15, -0.1) is 12.4 Å². The summed E-state index contributed by atoms with van der Waals surface area (Å²) in [5, 5.41) is 3.69. The molecule has 27 heavy (non-hydrogen) atoms. The molecule has 0 saturated heterocycles. The first-order chi connectivity index (χ1) is 12.8. The largest absolute Gasteiger partial charge is 0.489 e. The standard InChI is InChI=1S/C24H27NO.ClH/c1-2-9-24(22-12-7-4-8-13-22)25-18-20-14-16-23(17-15-20)26-19-21-10-5-3-6-11-21;/h3-8,10-17,24-25H,2,9,18-19H2,1H3;1H. The molecule has 0 saturated carbocycles. The van der Waals surface area contributed by atoms with Crippen LogP contribution in [0.3, 0.4) is 0 Å². The third-order valence-corrected chi connectivity index (χ3v) is 4.50. The Kier molecular flexibility index (Phi) is 8.90. The number of benzene rings is 3. The number of nitrogens with one attached hydrogen (secondary N) is 1. The van der Waals surface area contributed by atoms with Crippen molar-refractivity contribution < 1.29 is 4.74 Å². The lowest BCUT2D eigenvalue weighted by Crippen LogP contribution is -2.20. The number of hydrogen-bond donors (Lipinski definition) is 1. The van der Waals surface area contributed by atoms with E-state index in [9.17, 15) is 0 Å². The molecule has 0 aliphatic rings. The molecule has 0 heterocycles. The maximum Gasteiger partial charge on any atom is 0.119 e. The highest BCUT2D eigenvalue weighted by Crippen LogP contribution is 2.20. The van der Waals surface area contributed by atoms with Gasteiger partial charge in [0, 0.05) is 12.6 Å². The van der Waals surface area contributed by atoms with Crippen LogP contribution in [0, 0.1) is 0 Å². The van der Waals surface area contributed by atoms with E-state index in [1.165, 1.54) is 23.1 Å². The average molecular weight is 382 g/mol. The Labute approximate surface area is 169 Å². The molecule has 1 unspecified atom stereocenters. The second kappa shape index (κ2) is 11.4. The second-order valence-electron chi connectivity index (χ2n) is 6.55. The monoisotopic (exact) mass is 381 g/mol. The molecule has 1 N–H and O–H groups in total. The van der Waals surface area contributed by atoms with Crippen molar-refractivity contribution in [3.63, 3.8) is 0 Å². The molecule has 3 heteroatoms. The summed E-state index contributed by atoms with van der Waals surface area (Å²) in [6, 6.07) is 29.7. The molecule has 0 aliphatic heterocycles. The lowest BCUT2D eigenvalue weighted by atomic mass is 10.0. The van der Waals surface area contributed by atoms with Crippen molar-refractivity contribution in [3.8, 4) is 5.75 Å². The number of rotatable bonds is 9. The topological polar surface area (TPSA) is 21.3 Å². The Balaban J connectivity index is 0.00000261. The van der Waals surface area contributed by atoms with Gasteiger partial charge in [0.05, 0.1) is 0 Å². The third-order valence-electron chi connectivity index (χ3n) is 4.50. The Hall–Kier alpha value is -2.29. The quantitative estimate of drug-likeness (QED) is 0.468.